The molecule has 2 atom stereocenters. The SMILES string of the molecule is CC1CCN(Cc2cc(Cl)ccc2O)CC1C. The Kier molecular flexibility index (Phi) is 3.95. The Hall–Kier alpha value is -0.730. The molecule has 0 saturated carbocycles. The third-order valence-corrected chi connectivity index (χ3v) is 4.09. The summed E-state index contributed by atoms with van der Waals surface area (Å²) in [5.41, 5.74) is 0.930. The predicted molar refractivity (Wildman–Crippen MR) is 71.3 cm³/mol. The van der Waals surface area contributed by atoms with Crippen molar-refractivity contribution < 1.29 is 5.11 Å². The zero-order valence-corrected chi connectivity index (χ0v) is 11.2. The Morgan fingerprint density at radius 1 is 1.35 bits per heavy atom. The largest absolute Gasteiger partial charge is 0.508 e. The number of aromatic hydroxyl groups is 1. The molecule has 0 amide bonds. The Bertz CT molecular complexity index is 394. The third-order valence-electron chi connectivity index (χ3n) is 3.85. The number of phenolic OH excluding ortho intramolecular Hbond substituents is 1. The number of piperidine rings is 1. The van der Waals surface area contributed by atoms with E-state index in [0.717, 1.165) is 37.0 Å². The molecule has 3 heteroatoms. The molecule has 2 unspecified atom stereocenters. The van der Waals surface area contributed by atoms with Crippen LogP contribution >= 0.6 is 11.6 Å². The second-order valence-corrected chi connectivity index (χ2v) is 5.69. The van der Waals surface area contributed by atoms with E-state index in [1.165, 1.54) is 6.42 Å². The fourth-order valence-corrected chi connectivity index (χ4v) is 2.61. The Morgan fingerprint density at radius 2 is 2.12 bits per heavy atom. The number of hydrogen-bond donors (Lipinski definition) is 1. The molecule has 0 spiro atoms. The van der Waals surface area contributed by atoms with Gasteiger partial charge >= 0.3 is 0 Å². The monoisotopic (exact) mass is 253 g/mol. The quantitative estimate of drug-likeness (QED) is 0.872. The highest BCUT2D eigenvalue weighted by Gasteiger charge is 2.23. The number of likely N-dealkylation sites (tertiary alicyclic amines) is 1. The van der Waals surface area contributed by atoms with Gasteiger partial charge in [-0.2, -0.15) is 0 Å². The summed E-state index contributed by atoms with van der Waals surface area (Å²) in [5, 5.41) is 10.5. The topological polar surface area (TPSA) is 23.5 Å². The molecule has 1 N–H and O–H groups in total. The van der Waals surface area contributed by atoms with E-state index >= 15 is 0 Å². The Labute approximate surface area is 108 Å². The average molecular weight is 254 g/mol. The van der Waals surface area contributed by atoms with Gasteiger partial charge in [-0.05, 0) is 43.0 Å². The fourth-order valence-electron chi connectivity index (χ4n) is 2.41. The van der Waals surface area contributed by atoms with Crippen LogP contribution in [0.2, 0.25) is 5.02 Å². The molecular formula is C14H20ClNO. The second kappa shape index (κ2) is 5.28. The van der Waals surface area contributed by atoms with Crippen LogP contribution in [0.3, 0.4) is 0 Å². The van der Waals surface area contributed by atoms with Gasteiger partial charge in [0.05, 0.1) is 0 Å². The van der Waals surface area contributed by atoms with Gasteiger partial charge in [0.25, 0.3) is 0 Å². The summed E-state index contributed by atoms with van der Waals surface area (Å²) < 4.78 is 0. The van der Waals surface area contributed by atoms with Gasteiger partial charge in [0.1, 0.15) is 5.75 Å². The van der Waals surface area contributed by atoms with Crippen molar-refractivity contribution in [1.29, 1.82) is 0 Å². The normalized spacial score (nSPS) is 26.1. The lowest BCUT2D eigenvalue weighted by molar-refractivity contribution is 0.131. The lowest BCUT2D eigenvalue weighted by Crippen LogP contribution is -2.37. The molecule has 1 aromatic carbocycles. The van der Waals surface area contributed by atoms with Gasteiger partial charge in [-0.25, -0.2) is 0 Å². The van der Waals surface area contributed by atoms with E-state index in [4.69, 9.17) is 11.6 Å². The zero-order valence-electron chi connectivity index (χ0n) is 10.5. The van der Waals surface area contributed by atoms with Gasteiger partial charge in [0.15, 0.2) is 0 Å². The van der Waals surface area contributed by atoms with Gasteiger partial charge < -0.3 is 5.11 Å². The molecule has 1 saturated heterocycles. The van der Waals surface area contributed by atoms with Gasteiger partial charge in [-0.15, -0.1) is 0 Å². The number of rotatable bonds is 2. The van der Waals surface area contributed by atoms with Crippen LogP contribution in [-0.2, 0) is 6.54 Å². The van der Waals surface area contributed by atoms with E-state index in [1.54, 1.807) is 12.1 Å². The minimum atomic E-state index is 0.348. The predicted octanol–water partition coefficient (Wildman–Crippen LogP) is 3.52. The first kappa shape index (κ1) is 12.7. The van der Waals surface area contributed by atoms with Crippen molar-refractivity contribution in [2.75, 3.05) is 13.1 Å². The minimum Gasteiger partial charge on any atom is -0.508 e. The number of benzene rings is 1. The first-order valence-corrected chi connectivity index (χ1v) is 6.64. The van der Waals surface area contributed by atoms with E-state index < -0.39 is 0 Å². The molecule has 2 nitrogen and oxygen atoms in total. The molecule has 0 aliphatic carbocycles. The van der Waals surface area contributed by atoms with Crippen LogP contribution in [0.25, 0.3) is 0 Å². The average Bonchev–Trinajstić information content (AvgIpc) is 2.29. The third kappa shape index (κ3) is 3.14. The van der Waals surface area contributed by atoms with Crippen LogP contribution in [-0.4, -0.2) is 23.1 Å². The maximum Gasteiger partial charge on any atom is 0.120 e. The van der Waals surface area contributed by atoms with Crippen LogP contribution < -0.4 is 0 Å². The van der Waals surface area contributed by atoms with Crippen molar-refractivity contribution >= 4 is 11.6 Å². The highest BCUT2D eigenvalue weighted by Crippen LogP contribution is 2.27. The summed E-state index contributed by atoms with van der Waals surface area (Å²) in [7, 11) is 0. The summed E-state index contributed by atoms with van der Waals surface area (Å²) in [6.45, 7) is 7.63. The molecule has 17 heavy (non-hydrogen) atoms. The van der Waals surface area contributed by atoms with E-state index in [-0.39, 0.29) is 0 Å². The molecule has 1 fully saturated rings. The van der Waals surface area contributed by atoms with Crippen molar-refractivity contribution in [3.63, 3.8) is 0 Å². The Morgan fingerprint density at radius 3 is 2.82 bits per heavy atom. The number of halogens is 1. The first-order valence-electron chi connectivity index (χ1n) is 6.26. The van der Waals surface area contributed by atoms with E-state index in [2.05, 4.69) is 18.7 Å². The van der Waals surface area contributed by atoms with Crippen molar-refractivity contribution in [1.82, 2.24) is 4.90 Å². The number of nitrogens with zero attached hydrogens (tertiary/aromatic N) is 1. The molecule has 94 valence electrons. The summed E-state index contributed by atoms with van der Waals surface area (Å²) in [6, 6.07) is 5.26. The zero-order chi connectivity index (χ0) is 12.4. The fraction of sp³-hybridized carbons (Fsp3) is 0.571. The Balaban J connectivity index is 2.03. The van der Waals surface area contributed by atoms with Crippen LogP contribution in [0.4, 0.5) is 0 Å². The van der Waals surface area contributed by atoms with Crippen molar-refractivity contribution in [2.24, 2.45) is 11.8 Å². The first-order chi connectivity index (χ1) is 8.06. The van der Waals surface area contributed by atoms with E-state index in [0.29, 0.717) is 10.8 Å². The molecule has 0 aromatic heterocycles. The van der Waals surface area contributed by atoms with Gasteiger partial charge in [0, 0.05) is 23.7 Å². The number of hydrogen-bond acceptors (Lipinski definition) is 2. The van der Waals surface area contributed by atoms with Crippen molar-refractivity contribution in [3.8, 4) is 5.75 Å². The maximum atomic E-state index is 9.80. The van der Waals surface area contributed by atoms with Gasteiger partial charge in [0.2, 0.25) is 0 Å². The van der Waals surface area contributed by atoms with Crippen molar-refractivity contribution in [3.05, 3.63) is 28.8 Å². The van der Waals surface area contributed by atoms with E-state index in [1.807, 2.05) is 6.07 Å². The molecule has 0 bridgehead atoms. The highest BCUT2D eigenvalue weighted by molar-refractivity contribution is 6.30. The minimum absolute atomic E-state index is 0.348. The lowest BCUT2D eigenvalue weighted by Gasteiger charge is -2.35. The smallest absolute Gasteiger partial charge is 0.120 e. The van der Waals surface area contributed by atoms with E-state index in [9.17, 15) is 5.11 Å². The summed E-state index contributed by atoms with van der Waals surface area (Å²) in [4.78, 5) is 2.40. The highest BCUT2D eigenvalue weighted by atomic mass is 35.5. The lowest BCUT2D eigenvalue weighted by atomic mass is 9.88. The molecule has 1 aromatic rings. The summed E-state index contributed by atoms with van der Waals surface area (Å²) >= 11 is 5.96. The van der Waals surface area contributed by atoms with Crippen LogP contribution in [0, 0.1) is 11.8 Å². The molecule has 1 aliphatic rings. The number of phenols is 1. The standard InChI is InChI=1S/C14H20ClNO/c1-10-5-6-16(8-11(10)2)9-12-7-13(15)3-4-14(12)17/h3-4,7,10-11,17H,5-6,8-9H2,1-2H3. The van der Waals surface area contributed by atoms with Gasteiger partial charge in [-0.1, -0.05) is 25.4 Å². The second-order valence-electron chi connectivity index (χ2n) is 5.25. The maximum absolute atomic E-state index is 9.80. The molecule has 1 heterocycles. The molecule has 1 aliphatic heterocycles. The van der Waals surface area contributed by atoms with Crippen molar-refractivity contribution in [2.45, 2.75) is 26.8 Å². The van der Waals surface area contributed by atoms with Crippen LogP contribution in [0.5, 0.6) is 5.75 Å². The molecule has 0 radical (unpaired) electrons. The summed E-state index contributed by atoms with van der Waals surface area (Å²) in [6.07, 6.45) is 1.24. The molecular weight excluding hydrogens is 234 g/mol. The molecule has 2 rings (SSSR count). The summed E-state index contributed by atoms with van der Waals surface area (Å²) in [5.74, 6) is 1.88. The van der Waals surface area contributed by atoms with Crippen LogP contribution in [0.15, 0.2) is 18.2 Å². The van der Waals surface area contributed by atoms with Crippen LogP contribution in [0.1, 0.15) is 25.8 Å². The van der Waals surface area contributed by atoms with Gasteiger partial charge in [-0.3, -0.25) is 4.90 Å².